The summed E-state index contributed by atoms with van der Waals surface area (Å²) >= 11 is 1.46. The first kappa shape index (κ1) is 10.0. The Hall–Kier alpha value is -2.14. The molecular formula is C12H8N2O2S. The highest BCUT2D eigenvalue weighted by Crippen LogP contribution is 2.24. The van der Waals surface area contributed by atoms with Gasteiger partial charge in [0.15, 0.2) is 0 Å². The standard InChI is InChI=1S/C12H8N2O2S/c13-12(16)7-5-10(15)14-8-3-1-2-4-9(8)17-11(14)6-7/h1-6H,(H2,13,16). The van der Waals surface area contributed by atoms with Gasteiger partial charge in [0.25, 0.3) is 5.56 Å². The zero-order valence-corrected chi connectivity index (χ0v) is 9.53. The van der Waals surface area contributed by atoms with Gasteiger partial charge in [-0.1, -0.05) is 12.1 Å². The number of aromatic nitrogens is 1. The molecule has 3 rings (SSSR count). The first-order valence-corrected chi connectivity index (χ1v) is 5.82. The number of rotatable bonds is 1. The van der Waals surface area contributed by atoms with E-state index in [2.05, 4.69) is 0 Å². The summed E-state index contributed by atoms with van der Waals surface area (Å²) in [6, 6.07) is 10.5. The lowest BCUT2D eigenvalue weighted by molar-refractivity contribution is 0.1000. The maximum atomic E-state index is 11.9. The fraction of sp³-hybridized carbons (Fsp3) is 0. The summed E-state index contributed by atoms with van der Waals surface area (Å²) in [5, 5.41) is 0. The quantitative estimate of drug-likeness (QED) is 0.706. The molecular weight excluding hydrogens is 236 g/mol. The van der Waals surface area contributed by atoms with Crippen LogP contribution in [0, 0.1) is 0 Å². The lowest BCUT2D eigenvalue weighted by Crippen LogP contribution is -2.18. The largest absolute Gasteiger partial charge is 0.366 e. The fourth-order valence-electron chi connectivity index (χ4n) is 1.84. The molecule has 0 unspecified atom stereocenters. The molecule has 0 spiro atoms. The fourth-order valence-corrected chi connectivity index (χ4v) is 2.94. The summed E-state index contributed by atoms with van der Waals surface area (Å²) in [7, 11) is 0. The topological polar surface area (TPSA) is 64.6 Å². The van der Waals surface area contributed by atoms with Crippen molar-refractivity contribution in [3.8, 4) is 0 Å². The molecule has 5 heteroatoms. The third kappa shape index (κ3) is 1.43. The number of para-hydroxylation sites is 1. The number of benzene rings is 1. The molecule has 0 bridgehead atoms. The molecule has 4 nitrogen and oxygen atoms in total. The van der Waals surface area contributed by atoms with Crippen molar-refractivity contribution in [2.75, 3.05) is 0 Å². The van der Waals surface area contributed by atoms with E-state index in [4.69, 9.17) is 5.73 Å². The molecule has 0 saturated carbocycles. The molecule has 0 atom stereocenters. The number of nitrogens with zero attached hydrogens (tertiary/aromatic N) is 1. The lowest BCUT2D eigenvalue weighted by Gasteiger charge is -1.97. The van der Waals surface area contributed by atoms with E-state index in [9.17, 15) is 9.59 Å². The minimum absolute atomic E-state index is 0.228. The van der Waals surface area contributed by atoms with Crippen LogP contribution in [0.2, 0.25) is 0 Å². The van der Waals surface area contributed by atoms with Crippen molar-refractivity contribution in [3.05, 3.63) is 52.3 Å². The smallest absolute Gasteiger partial charge is 0.257 e. The molecule has 2 aromatic heterocycles. The van der Waals surface area contributed by atoms with Gasteiger partial charge in [0.1, 0.15) is 4.83 Å². The number of pyridine rings is 1. The third-order valence-corrected chi connectivity index (χ3v) is 3.68. The summed E-state index contributed by atoms with van der Waals surface area (Å²) in [5.74, 6) is -0.581. The molecule has 0 aliphatic heterocycles. The van der Waals surface area contributed by atoms with Gasteiger partial charge < -0.3 is 5.73 Å². The highest BCUT2D eigenvalue weighted by Gasteiger charge is 2.09. The molecule has 0 fully saturated rings. The second-order valence-electron chi connectivity index (χ2n) is 3.69. The Morgan fingerprint density at radius 1 is 1.24 bits per heavy atom. The summed E-state index contributed by atoms with van der Waals surface area (Å²) in [4.78, 5) is 23.8. The van der Waals surface area contributed by atoms with Gasteiger partial charge >= 0.3 is 0 Å². The van der Waals surface area contributed by atoms with Crippen LogP contribution in [-0.4, -0.2) is 10.3 Å². The molecule has 0 aliphatic carbocycles. The zero-order valence-electron chi connectivity index (χ0n) is 8.71. The van der Waals surface area contributed by atoms with Gasteiger partial charge in [0, 0.05) is 11.6 Å². The second kappa shape index (κ2) is 3.43. The van der Waals surface area contributed by atoms with Crippen LogP contribution in [0.25, 0.3) is 15.0 Å². The molecule has 2 N–H and O–H groups in total. The average Bonchev–Trinajstić information content (AvgIpc) is 2.67. The van der Waals surface area contributed by atoms with Crippen molar-refractivity contribution < 1.29 is 4.79 Å². The number of hydrogen-bond acceptors (Lipinski definition) is 3. The summed E-state index contributed by atoms with van der Waals surface area (Å²) in [6.07, 6.45) is 0. The van der Waals surface area contributed by atoms with E-state index >= 15 is 0 Å². The van der Waals surface area contributed by atoms with Gasteiger partial charge in [-0.2, -0.15) is 0 Å². The van der Waals surface area contributed by atoms with Gasteiger partial charge in [0.05, 0.1) is 10.2 Å². The molecule has 2 heterocycles. The Balaban J connectivity index is 2.53. The number of nitrogens with two attached hydrogens (primary N) is 1. The van der Waals surface area contributed by atoms with Crippen molar-refractivity contribution in [1.29, 1.82) is 0 Å². The van der Waals surface area contributed by atoms with Crippen molar-refractivity contribution in [3.63, 3.8) is 0 Å². The number of primary amides is 1. The molecule has 1 amide bonds. The zero-order chi connectivity index (χ0) is 12.0. The van der Waals surface area contributed by atoms with Crippen LogP contribution >= 0.6 is 11.3 Å². The molecule has 84 valence electrons. The number of carbonyl (C=O) groups is 1. The molecule has 1 aromatic carbocycles. The van der Waals surface area contributed by atoms with E-state index in [1.54, 1.807) is 10.5 Å². The minimum Gasteiger partial charge on any atom is -0.366 e. The highest BCUT2D eigenvalue weighted by atomic mass is 32.1. The third-order valence-electron chi connectivity index (χ3n) is 2.60. The van der Waals surface area contributed by atoms with Crippen LogP contribution in [0.5, 0.6) is 0 Å². The summed E-state index contributed by atoms with van der Waals surface area (Å²) in [5.41, 5.74) is 6.06. The monoisotopic (exact) mass is 244 g/mol. The van der Waals surface area contributed by atoms with Crippen molar-refractivity contribution in [2.45, 2.75) is 0 Å². The van der Waals surface area contributed by atoms with E-state index in [1.165, 1.54) is 17.4 Å². The Morgan fingerprint density at radius 2 is 2.00 bits per heavy atom. The SMILES string of the molecule is NC(=O)c1cc(=O)n2c(c1)sc1ccccc12. The number of carbonyl (C=O) groups excluding carboxylic acids is 1. The van der Waals surface area contributed by atoms with Crippen LogP contribution in [0.4, 0.5) is 0 Å². The Morgan fingerprint density at radius 3 is 2.76 bits per heavy atom. The molecule has 17 heavy (non-hydrogen) atoms. The molecule has 3 aromatic rings. The molecule has 0 saturated heterocycles. The van der Waals surface area contributed by atoms with Gasteiger partial charge in [-0.05, 0) is 18.2 Å². The van der Waals surface area contributed by atoms with Crippen LogP contribution in [0.15, 0.2) is 41.2 Å². The van der Waals surface area contributed by atoms with Gasteiger partial charge in [0.2, 0.25) is 5.91 Å². The number of fused-ring (bicyclic) bond motifs is 3. The van der Waals surface area contributed by atoms with Crippen molar-refractivity contribution >= 4 is 32.3 Å². The van der Waals surface area contributed by atoms with Crippen LogP contribution < -0.4 is 11.3 Å². The van der Waals surface area contributed by atoms with Crippen molar-refractivity contribution in [2.24, 2.45) is 5.73 Å². The van der Waals surface area contributed by atoms with E-state index in [-0.39, 0.29) is 11.1 Å². The predicted octanol–water partition coefficient (Wildman–Crippen LogP) is 1.61. The first-order chi connectivity index (χ1) is 8.16. The first-order valence-electron chi connectivity index (χ1n) is 5.01. The Kier molecular flexibility index (Phi) is 2.02. The summed E-state index contributed by atoms with van der Waals surface area (Å²) < 4.78 is 2.60. The number of thiazole rings is 1. The van der Waals surface area contributed by atoms with Gasteiger partial charge in [-0.25, -0.2) is 0 Å². The maximum Gasteiger partial charge on any atom is 0.257 e. The van der Waals surface area contributed by atoms with Crippen LogP contribution in [-0.2, 0) is 0 Å². The number of hydrogen-bond donors (Lipinski definition) is 1. The number of amides is 1. The molecule has 0 radical (unpaired) electrons. The van der Waals surface area contributed by atoms with Crippen LogP contribution in [0.1, 0.15) is 10.4 Å². The Bertz CT molecular complexity index is 801. The Labute approximate surface area is 99.9 Å². The van der Waals surface area contributed by atoms with Gasteiger partial charge in [-0.3, -0.25) is 14.0 Å². The van der Waals surface area contributed by atoms with Gasteiger partial charge in [-0.15, -0.1) is 11.3 Å². The van der Waals surface area contributed by atoms with E-state index in [0.29, 0.717) is 0 Å². The van der Waals surface area contributed by atoms with E-state index in [0.717, 1.165) is 15.0 Å². The van der Waals surface area contributed by atoms with Crippen LogP contribution in [0.3, 0.4) is 0 Å². The molecule has 0 aliphatic rings. The summed E-state index contributed by atoms with van der Waals surface area (Å²) in [6.45, 7) is 0. The highest BCUT2D eigenvalue weighted by molar-refractivity contribution is 7.23. The maximum absolute atomic E-state index is 11.9. The normalized spacial score (nSPS) is 11.1. The van der Waals surface area contributed by atoms with E-state index < -0.39 is 5.91 Å². The second-order valence-corrected chi connectivity index (χ2v) is 4.75. The minimum atomic E-state index is -0.581. The predicted molar refractivity (Wildman–Crippen MR) is 67.6 cm³/mol. The van der Waals surface area contributed by atoms with Crippen molar-refractivity contribution in [1.82, 2.24) is 4.40 Å². The lowest BCUT2D eigenvalue weighted by atomic mass is 10.2. The van der Waals surface area contributed by atoms with E-state index in [1.807, 2.05) is 24.3 Å². The average molecular weight is 244 g/mol.